The van der Waals surface area contributed by atoms with Crippen LogP contribution in [0.5, 0.6) is 5.75 Å². The Kier molecular flexibility index (Phi) is 4.97. The van der Waals surface area contributed by atoms with Gasteiger partial charge in [-0.3, -0.25) is 14.6 Å². The van der Waals surface area contributed by atoms with Gasteiger partial charge in [0.05, 0.1) is 6.04 Å². The molecule has 1 aromatic heterocycles. The Hall–Kier alpha value is -2.89. The van der Waals surface area contributed by atoms with Crippen LogP contribution in [0.2, 0.25) is 0 Å². The average molecular weight is 339 g/mol. The molecule has 0 bridgehead atoms. The third-order valence-electron chi connectivity index (χ3n) is 4.31. The number of pyridine rings is 1. The Bertz CT molecular complexity index is 742. The minimum atomic E-state index is -0.493. The number of ether oxygens (including phenoxy) is 1. The molecular formula is C19H21N3O3. The molecule has 1 heterocycles. The van der Waals surface area contributed by atoms with Gasteiger partial charge in [-0.2, -0.15) is 0 Å². The topological polar surface area (TPSA) is 85.5 Å². The molecule has 6 heteroatoms. The van der Waals surface area contributed by atoms with Crippen molar-refractivity contribution in [1.82, 2.24) is 9.88 Å². The second kappa shape index (κ2) is 7.34. The van der Waals surface area contributed by atoms with E-state index in [1.54, 1.807) is 36.7 Å². The molecule has 2 aromatic rings. The lowest BCUT2D eigenvalue weighted by Crippen LogP contribution is -2.38. The van der Waals surface area contributed by atoms with Crippen molar-refractivity contribution >= 4 is 11.8 Å². The molecule has 1 saturated carbocycles. The van der Waals surface area contributed by atoms with Gasteiger partial charge in [-0.15, -0.1) is 0 Å². The molecule has 1 aliphatic rings. The van der Waals surface area contributed by atoms with E-state index < -0.39 is 5.91 Å². The summed E-state index contributed by atoms with van der Waals surface area (Å²) in [4.78, 5) is 29.8. The van der Waals surface area contributed by atoms with E-state index in [9.17, 15) is 9.59 Å². The van der Waals surface area contributed by atoms with Gasteiger partial charge >= 0.3 is 0 Å². The van der Waals surface area contributed by atoms with E-state index in [0.717, 1.165) is 18.4 Å². The van der Waals surface area contributed by atoms with Gasteiger partial charge in [0, 0.05) is 24.0 Å². The Labute approximate surface area is 146 Å². The number of nitrogens with two attached hydrogens (primary N) is 1. The number of carbonyl (C=O) groups excluding carboxylic acids is 2. The van der Waals surface area contributed by atoms with Gasteiger partial charge in [-0.05, 0) is 55.7 Å². The molecule has 2 N–H and O–H groups in total. The van der Waals surface area contributed by atoms with E-state index in [2.05, 4.69) is 4.98 Å². The lowest BCUT2D eigenvalue weighted by Gasteiger charge is -2.29. The Morgan fingerprint density at radius 3 is 2.56 bits per heavy atom. The van der Waals surface area contributed by atoms with Crippen molar-refractivity contribution in [1.29, 1.82) is 0 Å². The van der Waals surface area contributed by atoms with E-state index in [1.165, 1.54) is 0 Å². The smallest absolute Gasteiger partial charge is 0.261 e. The van der Waals surface area contributed by atoms with E-state index in [0.29, 0.717) is 11.3 Å². The van der Waals surface area contributed by atoms with Crippen LogP contribution >= 0.6 is 0 Å². The van der Waals surface area contributed by atoms with Gasteiger partial charge in [0.15, 0.2) is 6.61 Å². The molecule has 25 heavy (non-hydrogen) atoms. The largest absolute Gasteiger partial charge is 0.484 e. The van der Waals surface area contributed by atoms with Crippen LogP contribution in [0.1, 0.15) is 41.7 Å². The van der Waals surface area contributed by atoms with Crippen molar-refractivity contribution in [3.8, 4) is 5.75 Å². The Balaban J connectivity index is 1.64. The lowest BCUT2D eigenvalue weighted by molar-refractivity contribution is -0.136. The normalized spacial score (nSPS) is 14.6. The number of benzene rings is 1. The highest BCUT2D eigenvalue weighted by Crippen LogP contribution is 2.34. The summed E-state index contributed by atoms with van der Waals surface area (Å²) in [6, 6.07) is 10.5. The molecular weight excluding hydrogens is 318 g/mol. The molecule has 0 unspecified atom stereocenters. The van der Waals surface area contributed by atoms with Crippen LogP contribution in [0, 0.1) is 0 Å². The maximum Gasteiger partial charge on any atom is 0.261 e. The predicted molar refractivity (Wildman–Crippen MR) is 93.0 cm³/mol. The van der Waals surface area contributed by atoms with Crippen LogP contribution in [0.4, 0.5) is 0 Å². The van der Waals surface area contributed by atoms with E-state index in [1.807, 2.05) is 24.0 Å². The third kappa shape index (κ3) is 4.15. The van der Waals surface area contributed by atoms with E-state index in [-0.39, 0.29) is 24.6 Å². The van der Waals surface area contributed by atoms with Crippen molar-refractivity contribution in [2.75, 3.05) is 6.61 Å². The number of nitrogens with zero attached hydrogens (tertiary/aromatic N) is 2. The molecule has 3 rings (SSSR count). The zero-order chi connectivity index (χ0) is 17.8. The number of aromatic nitrogens is 1. The first-order chi connectivity index (χ1) is 12.1. The van der Waals surface area contributed by atoms with Gasteiger partial charge in [0.2, 0.25) is 5.91 Å². The second-order valence-corrected chi connectivity index (χ2v) is 6.17. The molecule has 2 amide bonds. The van der Waals surface area contributed by atoms with Gasteiger partial charge < -0.3 is 15.4 Å². The van der Waals surface area contributed by atoms with Crippen LogP contribution in [0.3, 0.4) is 0 Å². The number of amides is 2. The molecule has 130 valence electrons. The summed E-state index contributed by atoms with van der Waals surface area (Å²) in [6.07, 6.45) is 5.54. The highest BCUT2D eigenvalue weighted by molar-refractivity contribution is 5.92. The predicted octanol–water partition coefficient (Wildman–Crippen LogP) is 2.31. The number of rotatable bonds is 7. The highest BCUT2D eigenvalue weighted by Gasteiger charge is 2.36. The van der Waals surface area contributed by atoms with Gasteiger partial charge in [-0.25, -0.2) is 0 Å². The summed E-state index contributed by atoms with van der Waals surface area (Å²) in [5.74, 6) is -0.0196. The van der Waals surface area contributed by atoms with Crippen molar-refractivity contribution in [3.05, 3.63) is 59.9 Å². The fraction of sp³-hybridized carbons (Fsp3) is 0.316. The number of hydrogen-bond acceptors (Lipinski definition) is 4. The molecule has 0 radical (unpaired) electrons. The summed E-state index contributed by atoms with van der Waals surface area (Å²) < 4.78 is 5.59. The molecule has 0 spiro atoms. The molecule has 0 saturated heterocycles. The first kappa shape index (κ1) is 17.0. The standard InChI is InChI=1S/C19H21N3O3/c1-13(15-3-2-10-21-11-15)22(16-6-7-16)18(23)12-25-17-8-4-14(5-9-17)19(20)24/h2-5,8-11,13,16H,6-7,12H2,1H3,(H2,20,24)/t13-/m0/s1. The zero-order valence-electron chi connectivity index (χ0n) is 14.1. The van der Waals surface area contributed by atoms with Crippen LogP contribution in [0.15, 0.2) is 48.8 Å². The van der Waals surface area contributed by atoms with Crippen LogP contribution in [-0.4, -0.2) is 34.3 Å². The Morgan fingerprint density at radius 1 is 1.28 bits per heavy atom. The summed E-state index contributed by atoms with van der Waals surface area (Å²) in [5, 5.41) is 0. The highest BCUT2D eigenvalue weighted by atomic mass is 16.5. The molecule has 1 aliphatic carbocycles. The summed E-state index contributed by atoms with van der Waals surface area (Å²) in [6.45, 7) is 1.96. The molecule has 1 atom stereocenters. The summed E-state index contributed by atoms with van der Waals surface area (Å²) in [7, 11) is 0. The molecule has 1 aromatic carbocycles. The third-order valence-corrected chi connectivity index (χ3v) is 4.31. The van der Waals surface area contributed by atoms with E-state index in [4.69, 9.17) is 10.5 Å². The SMILES string of the molecule is C[C@@H](c1cccnc1)N(C(=O)COc1ccc(C(N)=O)cc1)C1CC1. The van der Waals surface area contributed by atoms with Crippen molar-refractivity contribution in [2.24, 2.45) is 5.73 Å². The summed E-state index contributed by atoms with van der Waals surface area (Å²) >= 11 is 0. The quantitative estimate of drug-likeness (QED) is 0.839. The van der Waals surface area contributed by atoms with Crippen molar-refractivity contribution in [2.45, 2.75) is 31.8 Å². The fourth-order valence-corrected chi connectivity index (χ4v) is 2.81. The maximum absolute atomic E-state index is 12.7. The van der Waals surface area contributed by atoms with Crippen molar-refractivity contribution in [3.63, 3.8) is 0 Å². The number of hydrogen-bond donors (Lipinski definition) is 1. The zero-order valence-corrected chi connectivity index (χ0v) is 14.1. The average Bonchev–Trinajstić information content (AvgIpc) is 3.46. The number of primary amides is 1. The van der Waals surface area contributed by atoms with Crippen LogP contribution in [0.25, 0.3) is 0 Å². The van der Waals surface area contributed by atoms with Gasteiger partial charge in [-0.1, -0.05) is 6.07 Å². The number of carbonyl (C=O) groups is 2. The minimum absolute atomic E-state index is 0.0446. The first-order valence-corrected chi connectivity index (χ1v) is 8.30. The molecule has 6 nitrogen and oxygen atoms in total. The second-order valence-electron chi connectivity index (χ2n) is 6.17. The maximum atomic E-state index is 12.7. The van der Waals surface area contributed by atoms with Crippen molar-refractivity contribution < 1.29 is 14.3 Å². The van der Waals surface area contributed by atoms with Crippen LogP contribution < -0.4 is 10.5 Å². The minimum Gasteiger partial charge on any atom is -0.484 e. The lowest BCUT2D eigenvalue weighted by atomic mass is 10.1. The van der Waals surface area contributed by atoms with Gasteiger partial charge in [0.1, 0.15) is 5.75 Å². The first-order valence-electron chi connectivity index (χ1n) is 8.30. The van der Waals surface area contributed by atoms with E-state index >= 15 is 0 Å². The van der Waals surface area contributed by atoms with Crippen LogP contribution in [-0.2, 0) is 4.79 Å². The molecule has 0 aliphatic heterocycles. The molecule has 1 fully saturated rings. The Morgan fingerprint density at radius 2 is 2.00 bits per heavy atom. The fourth-order valence-electron chi connectivity index (χ4n) is 2.81. The monoisotopic (exact) mass is 339 g/mol. The van der Waals surface area contributed by atoms with Gasteiger partial charge in [0.25, 0.3) is 5.91 Å². The summed E-state index contributed by atoms with van der Waals surface area (Å²) in [5.41, 5.74) is 6.62.